The Bertz CT molecular complexity index is 627. The van der Waals surface area contributed by atoms with E-state index in [-0.39, 0.29) is 42.9 Å². The van der Waals surface area contributed by atoms with Gasteiger partial charge in [0, 0.05) is 5.69 Å². The minimum Gasteiger partial charge on any atom is -0.466 e. The lowest BCUT2D eigenvalue weighted by atomic mass is 10.1. The fraction of sp³-hybridized carbons (Fsp3) is 0.429. The lowest BCUT2D eigenvalue weighted by molar-refractivity contribution is -0.143. The Morgan fingerprint density at radius 2 is 1.95 bits per heavy atom. The number of esters is 2. The molecule has 0 aliphatic heterocycles. The van der Waals surface area contributed by atoms with E-state index in [9.17, 15) is 14.4 Å². The number of aromatic nitrogens is 1. The molecule has 21 heavy (non-hydrogen) atoms. The number of aromatic amines is 1. The summed E-state index contributed by atoms with van der Waals surface area (Å²) in [6, 6.07) is 2.88. The first-order valence-electron chi connectivity index (χ1n) is 6.52. The van der Waals surface area contributed by atoms with E-state index >= 15 is 0 Å². The summed E-state index contributed by atoms with van der Waals surface area (Å²) >= 11 is 0. The Balaban J connectivity index is 3.08. The second-order valence-corrected chi connectivity index (χ2v) is 4.04. The molecular formula is C14H16N2O5. The summed E-state index contributed by atoms with van der Waals surface area (Å²) in [6.45, 7) is 3.75. The molecule has 112 valence electrons. The first-order valence-corrected chi connectivity index (χ1v) is 6.52. The quantitative estimate of drug-likeness (QED) is 0.781. The molecule has 0 aliphatic rings. The van der Waals surface area contributed by atoms with Crippen molar-refractivity contribution in [1.29, 1.82) is 5.26 Å². The number of carbonyl (C=O) groups is 2. The molecule has 0 saturated carbocycles. The van der Waals surface area contributed by atoms with Crippen LogP contribution in [0.2, 0.25) is 0 Å². The predicted molar refractivity (Wildman–Crippen MR) is 72.7 cm³/mol. The van der Waals surface area contributed by atoms with E-state index in [0.717, 1.165) is 0 Å². The highest BCUT2D eigenvalue weighted by molar-refractivity contribution is 5.91. The normalized spacial score (nSPS) is 9.76. The number of ether oxygens (including phenoxy) is 2. The zero-order valence-corrected chi connectivity index (χ0v) is 11.9. The summed E-state index contributed by atoms with van der Waals surface area (Å²) in [5, 5.41) is 8.84. The minimum absolute atomic E-state index is 0.0160. The smallest absolute Gasteiger partial charge is 0.339 e. The average Bonchev–Trinajstić information content (AvgIpc) is 2.45. The number of rotatable bonds is 6. The number of nitrogens with one attached hydrogen (secondary N) is 1. The van der Waals surface area contributed by atoms with Gasteiger partial charge in [0.1, 0.15) is 11.6 Å². The maximum absolute atomic E-state index is 11.8. The number of nitrogens with zero attached hydrogens (tertiary/aromatic N) is 1. The van der Waals surface area contributed by atoms with Crippen LogP contribution in [0.3, 0.4) is 0 Å². The molecule has 0 unspecified atom stereocenters. The van der Waals surface area contributed by atoms with Crippen molar-refractivity contribution in [2.75, 3.05) is 13.2 Å². The van der Waals surface area contributed by atoms with Crippen LogP contribution in [0.15, 0.2) is 10.9 Å². The van der Waals surface area contributed by atoms with Crippen molar-refractivity contribution in [3.8, 4) is 6.07 Å². The number of carbonyl (C=O) groups excluding carboxylic acids is 2. The largest absolute Gasteiger partial charge is 0.466 e. The molecule has 0 aliphatic carbocycles. The SMILES string of the molecule is CCOC(=O)CCc1[nH]c(=O)c(C#N)cc1C(=O)OCC. The lowest BCUT2D eigenvalue weighted by Gasteiger charge is -2.09. The van der Waals surface area contributed by atoms with Crippen molar-refractivity contribution in [3.63, 3.8) is 0 Å². The van der Waals surface area contributed by atoms with E-state index in [4.69, 9.17) is 14.7 Å². The number of hydrogen-bond donors (Lipinski definition) is 1. The van der Waals surface area contributed by atoms with Gasteiger partial charge in [0.2, 0.25) is 0 Å². The van der Waals surface area contributed by atoms with E-state index in [2.05, 4.69) is 4.98 Å². The molecule has 0 bridgehead atoms. The molecule has 0 fully saturated rings. The molecule has 0 atom stereocenters. The Labute approximate surface area is 121 Å². The Morgan fingerprint density at radius 3 is 2.52 bits per heavy atom. The van der Waals surface area contributed by atoms with Crippen molar-refractivity contribution >= 4 is 11.9 Å². The second-order valence-electron chi connectivity index (χ2n) is 4.04. The second kappa shape index (κ2) is 7.85. The van der Waals surface area contributed by atoms with Gasteiger partial charge in [0.05, 0.1) is 25.2 Å². The summed E-state index contributed by atoms with van der Waals surface area (Å²) in [7, 11) is 0. The monoisotopic (exact) mass is 292 g/mol. The van der Waals surface area contributed by atoms with Gasteiger partial charge in [-0.2, -0.15) is 5.26 Å². The molecule has 0 amide bonds. The lowest BCUT2D eigenvalue weighted by Crippen LogP contribution is -2.20. The molecule has 7 nitrogen and oxygen atoms in total. The van der Waals surface area contributed by atoms with E-state index in [1.165, 1.54) is 6.07 Å². The van der Waals surface area contributed by atoms with Crippen molar-refractivity contribution in [1.82, 2.24) is 4.98 Å². The standard InChI is InChI=1S/C14H16N2O5/c1-3-20-12(17)6-5-11-10(14(19)21-4-2)7-9(8-15)13(18)16-11/h7H,3-6H2,1-2H3,(H,16,18). The predicted octanol–water partition coefficient (Wildman–Crippen LogP) is 0.919. The van der Waals surface area contributed by atoms with E-state index in [1.807, 2.05) is 0 Å². The first-order chi connectivity index (χ1) is 10.0. The molecule has 0 radical (unpaired) electrons. The van der Waals surface area contributed by atoms with Gasteiger partial charge in [0.25, 0.3) is 5.56 Å². The zero-order chi connectivity index (χ0) is 15.8. The first kappa shape index (κ1) is 16.4. The van der Waals surface area contributed by atoms with Crippen LogP contribution in [0.4, 0.5) is 0 Å². The number of H-pyrrole nitrogens is 1. The summed E-state index contributed by atoms with van der Waals surface area (Å²) < 4.78 is 9.66. The minimum atomic E-state index is -0.649. The van der Waals surface area contributed by atoms with Gasteiger partial charge in [-0.25, -0.2) is 4.79 Å². The van der Waals surface area contributed by atoms with Crippen LogP contribution in [-0.2, 0) is 20.7 Å². The maximum atomic E-state index is 11.8. The number of pyridine rings is 1. The fourth-order valence-electron chi connectivity index (χ4n) is 1.70. The van der Waals surface area contributed by atoms with Gasteiger partial charge < -0.3 is 14.5 Å². The molecule has 0 aromatic carbocycles. The third-order valence-electron chi connectivity index (χ3n) is 2.62. The van der Waals surface area contributed by atoms with Crippen LogP contribution in [0.25, 0.3) is 0 Å². The summed E-state index contributed by atoms with van der Waals surface area (Å²) in [4.78, 5) is 37.3. The van der Waals surface area contributed by atoms with Gasteiger partial charge in [0.15, 0.2) is 0 Å². The summed E-state index contributed by atoms with van der Waals surface area (Å²) in [5.41, 5.74) is -0.454. The Hall–Kier alpha value is -2.62. The summed E-state index contributed by atoms with van der Waals surface area (Å²) in [5.74, 6) is -1.08. The molecule has 7 heteroatoms. The fourth-order valence-corrected chi connectivity index (χ4v) is 1.70. The van der Waals surface area contributed by atoms with E-state index in [0.29, 0.717) is 0 Å². The number of aryl methyl sites for hydroxylation is 1. The summed E-state index contributed by atoms with van der Waals surface area (Å²) in [6.07, 6.45) is 0.135. The molecule has 1 aromatic rings. The zero-order valence-electron chi connectivity index (χ0n) is 11.9. The van der Waals surface area contributed by atoms with E-state index in [1.54, 1.807) is 19.9 Å². The van der Waals surface area contributed by atoms with Gasteiger partial charge in [-0.15, -0.1) is 0 Å². The highest BCUT2D eigenvalue weighted by Crippen LogP contribution is 2.11. The average molecular weight is 292 g/mol. The highest BCUT2D eigenvalue weighted by atomic mass is 16.5. The molecule has 1 aromatic heterocycles. The number of hydrogen-bond acceptors (Lipinski definition) is 6. The molecule has 1 N–H and O–H groups in total. The maximum Gasteiger partial charge on any atom is 0.339 e. The Morgan fingerprint density at radius 1 is 1.29 bits per heavy atom. The van der Waals surface area contributed by atoms with E-state index < -0.39 is 17.5 Å². The highest BCUT2D eigenvalue weighted by Gasteiger charge is 2.17. The third kappa shape index (κ3) is 4.45. The molecule has 1 heterocycles. The van der Waals surface area contributed by atoms with Crippen molar-refractivity contribution in [2.24, 2.45) is 0 Å². The third-order valence-corrected chi connectivity index (χ3v) is 2.62. The van der Waals surface area contributed by atoms with Crippen LogP contribution in [0.1, 0.15) is 41.9 Å². The molecule has 0 saturated heterocycles. The molecule has 0 spiro atoms. The van der Waals surface area contributed by atoms with Crippen LogP contribution >= 0.6 is 0 Å². The van der Waals surface area contributed by atoms with Gasteiger partial charge in [-0.05, 0) is 26.3 Å². The van der Waals surface area contributed by atoms with Gasteiger partial charge in [-0.1, -0.05) is 0 Å². The van der Waals surface area contributed by atoms with Crippen LogP contribution < -0.4 is 5.56 Å². The molecular weight excluding hydrogens is 276 g/mol. The van der Waals surface area contributed by atoms with Crippen molar-refractivity contribution in [3.05, 3.63) is 33.2 Å². The Kier molecular flexibility index (Phi) is 6.14. The van der Waals surface area contributed by atoms with Crippen LogP contribution in [0, 0.1) is 11.3 Å². The molecule has 1 rings (SSSR count). The number of nitriles is 1. The topological polar surface area (TPSA) is 109 Å². The van der Waals surface area contributed by atoms with Crippen molar-refractivity contribution in [2.45, 2.75) is 26.7 Å². The van der Waals surface area contributed by atoms with Gasteiger partial charge >= 0.3 is 11.9 Å². The van der Waals surface area contributed by atoms with Crippen molar-refractivity contribution < 1.29 is 19.1 Å². The van der Waals surface area contributed by atoms with Crippen LogP contribution in [0.5, 0.6) is 0 Å². The van der Waals surface area contributed by atoms with Gasteiger partial charge in [-0.3, -0.25) is 9.59 Å². The van der Waals surface area contributed by atoms with Crippen LogP contribution in [-0.4, -0.2) is 30.1 Å².